The van der Waals surface area contributed by atoms with E-state index in [1.807, 2.05) is 4.90 Å². The second kappa shape index (κ2) is 7.35. The Morgan fingerprint density at radius 2 is 2.16 bits per heavy atom. The number of piperazine rings is 1. The van der Waals surface area contributed by atoms with E-state index in [4.69, 9.17) is 0 Å². The summed E-state index contributed by atoms with van der Waals surface area (Å²) >= 11 is 1.55. The van der Waals surface area contributed by atoms with Gasteiger partial charge in [0.25, 0.3) is 0 Å². The lowest BCUT2D eigenvalue weighted by molar-refractivity contribution is -0.138. The molecule has 1 N–H and O–H groups in total. The zero-order valence-electron chi connectivity index (χ0n) is 14.2. The molecule has 1 amide bonds. The fourth-order valence-electron chi connectivity index (χ4n) is 3.75. The van der Waals surface area contributed by atoms with Crippen LogP contribution in [0.15, 0.2) is 18.2 Å². The number of nitrogens with one attached hydrogen (secondary N) is 1. The minimum Gasteiger partial charge on any atom is -0.340 e. The van der Waals surface area contributed by atoms with Crippen LogP contribution in [0.4, 0.5) is 4.39 Å². The molecule has 3 heterocycles. The molecule has 0 spiro atoms. The molecule has 7 heteroatoms. The van der Waals surface area contributed by atoms with E-state index in [0.29, 0.717) is 5.91 Å². The van der Waals surface area contributed by atoms with Crippen LogP contribution < -0.4 is 5.32 Å². The van der Waals surface area contributed by atoms with Crippen molar-refractivity contribution in [3.8, 4) is 0 Å². The van der Waals surface area contributed by atoms with Gasteiger partial charge in [0, 0.05) is 32.7 Å². The van der Waals surface area contributed by atoms with Crippen LogP contribution in [0.5, 0.6) is 0 Å². The highest BCUT2D eigenvalue weighted by Gasteiger charge is 2.30. The number of piperidine rings is 1. The van der Waals surface area contributed by atoms with Gasteiger partial charge in [-0.15, -0.1) is 11.3 Å². The molecule has 2 aliphatic rings. The fraction of sp³-hybridized carbons (Fsp3) is 0.556. The van der Waals surface area contributed by atoms with Crippen LogP contribution in [0.25, 0.3) is 10.2 Å². The summed E-state index contributed by atoms with van der Waals surface area (Å²) in [7, 11) is 0. The summed E-state index contributed by atoms with van der Waals surface area (Å²) in [4.78, 5) is 21.7. The zero-order valence-corrected chi connectivity index (χ0v) is 15.0. The molecule has 0 radical (unpaired) electrons. The van der Waals surface area contributed by atoms with Crippen LogP contribution in [0, 0.1) is 11.7 Å². The van der Waals surface area contributed by atoms with E-state index in [-0.39, 0.29) is 11.7 Å². The Balaban J connectivity index is 1.40. The van der Waals surface area contributed by atoms with Crippen LogP contribution >= 0.6 is 11.3 Å². The number of carbonyl (C=O) groups is 1. The van der Waals surface area contributed by atoms with Crippen LogP contribution in [0.3, 0.4) is 0 Å². The number of fused-ring (bicyclic) bond motifs is 1. The molecule has 1 aromatic heterocycles. The first-order valence-corrected chi connectivity index (χ1v) is 9.77. The molecule has 5 nitrogen and oxygen atoms in total. The number of nitrogens with zero attached hydrogens (tertiary/aromatic N) is 3. The number of thiazole rings is 1. The van der Waals surface area contributed by atoms with Crippen LogP contribution in [0.2, 0.25) is 0 Å². The molecule has 4 rings (SSSR count). The molecule has 2 aromatic rings. The molecule has 1 unspecified atom stereocenters. The summed E-state index contributed by atoms with van der Waals surface area (Å²) in [6, 6.07) is 4.73. The summed E-state index contributed by atoms with van der Waals surface area (Å²) in [5, 5.41) is 4.29. The van der Waals surface area contributed by atoms with Gasteiger partial charge in [0.2, 0.25) is 5.91 Å². The summed E-state index contributed by atoms with van der Waals surface area (Å²) in [5.41, 5.74) is 0.854. The first-order valence-electron chi connectivity index (χ1n) is 8.96. The third-order valence-corrected chi connectivity index (χ3v) is 6.04. The largest absolute Gasteiger partial charge is 0.340 e. The SMILES string of the molecule is O=C(C1CCCN(Cc2nc3ccc(F)cc3s2)C1)N1CCNCC1. The maximum Gasteiger partial charge on any atom is 0.227 e. The van der Waals surface area contributed by atoms with Gasteiger partial charge in [0.15, 0.2) is 0 Å². The summed E-state index contributed by atoms with van der Waals surface area (Å²) in [6.07, 6.45) is 2.02. The van der Waals surface area contributed by atoms with Crippen molar-refractivity contribution in [1.29, 1.82) is 0 Å². The highest BCUT2D eigenvalue weighted by atomic mass is 32.1. The average Bonchev–Trinajstić information content (AvgIpc) is 3.03. The number of amides is 1. The normalized spacial score (nSPS) is 22.4. The number of carbonyl (C=O) groups excluding carboxylic acids is 1. The van der Waals surface area contributed by atoms with Crippen molar-refractivity contribution in [3.63, 3.8) is 0 Å². The van der Waals surface area contributed by atoms with Crippen LogP contribution in [-0.2, 0) is 11.3 Å². The van der Waals surface area contributed by atoms with E-state index >= 15 is 0 Å². The molecule has 0 saturated carbocycles. The molecule has 0 aliphatic carbocycles. The predicted octanol–water partition coefficient (Wildman–Crippen LogP) is 2.08. The van der Waals surface area contributed by atoms with Gasteiger partial charge in [-0.25, -0.2) is 9.37 Å². The minimum atomic E-state index is -0.220. The quantitative estimate of drug-likeness (QED) is 0.908. The predicted molar refractivity (Wildman–Crippen MR) is 97.0 cm³/mol. The molecule has 0 bridgehead atoms. The lowest BCUT2D eigenvalue weighted by Gasteiger charge is -2.36. The summed E-state index contributed by atoms with van der Waals surface area (Å²) in [6.45, 7) is 5.96. The molecule has 2 fully saturated rings. The van der Waals surface area contributed by atoms with Crippen molar-refractivity contribution in [2.45, 2.75) is 19.4 Å². The van der Waals surface area contributed by atoms with Crippen molar-refractivity contribution in [1.82, 2.24) is 20.1 Å². The van der Waals surface area contributed by atoms with Gasteiger partial charge in [-0.05, 0) is 37.6 Å². The Morgan fingerprint density at radius 1 is 1.32 bits per heavy atom. The standard InChI is InChI=1S/C18H23FN4OS/c19-14-3-4-15-16(10-14)25-17(21-15)12-22-7-1-2-13(11-22)18(24)23-8-5-20-6-9-23/h3-4,10,13,20H,1-2,5-9,11-12H2. The van der Waals surface area contributed by atoms with E-state index in [9.17, 15) is 9.18 Å². The second-order valence-electron chi connectivity index (χ2n) is 6.87. The number of rotatable bonds is 3. The highest BCUT2D eigenvalue weighted by Crippen LogP contribution is 2.26. The average molecular weight is 362 g/mol. The minimum absolute atomic E-state index is 0.0960. The topological polar surface area (TPSA) is 48.5 Å². The van der Waals surface area contributed by atoms with Crippen molar-refractivity contribution < 1.29 is 9.18 Å². The van der Waals surface area contributed by atoms with E-state index in [0.717, 1.165) is 73.9 Å². The van der Waals surface area contributed by atoms with E-state index in [1.54, 1.807) is 23.5 Å². The number of hydrogen-bond donors (Lipinski definition) is 1. The maximum atomic E-state index is 13.3. The molecule has 2 saturated heterocycles. The third-order valence-electron chi connectivity index (χ3n) is 5.04. The van der Waals surface area contributed by atoms with Gasteiger partial charge in [-0.2, -0.15) is 0 Å². The third kappa shape index (κ3) is 3.83. The Morgan fingerprint density at radius 3 is 3.00 bits per heavy atom. The Hall–Kier alpha value is -1.57. The van der Waals surface area contributed by atoms with E-state index < -0.39 is 0 Å². The summed E-state index contributed by atoms with van der Waals surface area (Å²) in [5.74, 6) is 0.179. The van der Waals surface area contributed by atoms with Gasteiger partial charge in [0.05, 0.1) is 22.7 Å². The molecule has 2 aliphatic heterocycles. The smallest absolute Gasteiger partial charge is 0.227 e. The van der Waals surface area contributed by atoms with Gasteiger partial charge in [-0.1, -0.05) is 0 Å². The number of benzene rings is 1. The van der Waals surface area contributed by atoms with Crippen LogP contribution in [-0.4, -0.2) is 60.0 Å². The van der Waals surface area contributed by atoms with Crippen molar-refractivity contribution >= 4 is 27.5 Å². The Labute approximate surface area is 150 Å². The first kappa shape index (κ1) is 16.9. The highest BCUT2D eigenvalue weighted by molar-refractivity contribution is 7.18. The zero-order chi connectivity index (χ0) is 17.2. The number of halogens is 1. The van der Waals surface area contributed by atoms with E-state index in [2.05, 4.69) is 15.2 Å². The molecular weight excluding hydrogens is 339 g/mol. The van der Waals surface area contributed by atoms with Gasteiger partial charge >= 0.3 is 0 Å². The number of hydrogen-bond acceptors (Lipinski definition) is 5. The van der Waals surface area contributed by atoms with Gasteiger partial charge in [0.1, 0.15) is 10.8 Å². The monoisotopic (exact) mass is 362 g/mol. The van der Waals surface area contributed by atoms with Crippen molar-refractivity contribution in [2.75, 3.05) is 39.3 Å². The lowest BCUT2D eigenvalue weighted by atomic mass is 9.96. The second-order valence-corrected chi connectivity index (χ2v) is 7.98. The molecular formula is C18H23FN4OS. The Kier molecular flexibility index (Phi) is 4.96. The lowest BCUT2D eigenvalue weighted by Crippen LogP contribution is -2.51. The van der Waals surface area contributed by atoms with Gasteiger partial charge < -0.3 is 10.2 Å². The summed E-state index contributed by atoms with van der Waals surface area (Å²) < 4.78 is 14.2. The Bertz CT molecular complexity index is 759. The van der Waals surface area contributed by atoms with Gasteiger partial charge in [-0.3, -0.25) is 9.69 Å². The number of likely N-dealkylation sites (tertiary alicyclic amines) is 1. The van der Waals surface area contributed by atoms with Crippen LogP contribution in [0.1, 0.15) is 17.8 Å². The van der Waals surface area contributed by atoms with Crippen molar-refractivity contribution in [2.24, 2.45) is 5.92 Å². The molecule has 1 aromatic carbocycles. The molecule has 134 valence electrons. The number of aromatic nitrogens is 1. The molecule has 25 heavy (non-hydrogen) atoms. The molecule has 1 atom stereocenters. The van der Waals surface area contributed by atoms with E-state index in [1.165, 1.54) is 6.07 Å². The fourth-order valence-corrected chi connectivity index (χ4v) is 4.78. The maximum absolute atomic E-state index is 13.3. The van der Waals surface area contributed by atoms with Crippen molar-refractivity contribution in [3.05, 3.63) is 29.0 Å². The first-order chi connectivity index (χ1) is 12.2.